The van der Waals surface area contributed by atoms with E-state index in [1.807, 2.05) is 18.2 Å². The van der Waals surface area contributed by atoms with E-state index < -0.39 is 10.0 Å². The van der Waals surface area contributed by atoms with Gasteiger partial charge in [0.15, 0.2) is 0 Å². The molecule has 22 heavy (non-hydrogen) atoms. The highest BCUT2D eigenvalue weighted by Gasteiger charge is 2.29. The molecule has 0 spiro atoms. The van der Waals surface area contributed by atoms with Crippen LogP contribution in [-0.2, 0) is 21.2 Å². The lowest BCUT2D eigenvalue weighted by molar-refractivity contribution is -0.126. The summed E-state index contributed by atoms with van der Waals surface area (Å²) in [6.07, 6.45) is 4.53. The summed E-state index contributed by atoms with van der Waals surface area (Å²) in [5.74, 6) is -0.249. The van der Waals surface area contributed by atoms with Crippen LogP contribution in [0.15, 0.2) is 30.3 Å². The van der Waals surface area contributed by atoms with Gasteiger partial charge in [-0.25, -0.2) is 12.7 Å². The average molecular weight is 324 g/mol. The Morgan fingerprint density at radius 2 is 2.05 bits per heavy atom. The van der Waals surface area contributed by atoms with Crippen molar-refractivity contribution in [1.29, 1.82) is 0 Å². The van der Waals surface area contributed by atoms with E-state index >= 15 is 0 Å². The first-order valence-electron chi connectivity index (χ1n) is 7.73. The quantitative estimate of drug-likeness (QED) is 0.805. The fourth-order valence-corrected chi connectivity index (χ4v) is 3.66. The fourth-order valence-electron chi connectivity index (χ4n) is 2.75. The minimum atomic E-state index is -3.20. The highest BCUT2D eigenvalue weighted by Crippen LogP contribution is 2.18. The standard InChI is InChI=1S/C16H24N2O3S/c1-22(20,21)18-12-6-10-15(13-18)16(19)17-11-5-9-14-7-3-2-4-8-14/h2-4,7-8,15H,5-6,9-13H2,1H3,(H,17,19)/t15-/m1/s1. The molecule has 6 heteroatoms. The number of piperidine rings is 1. The molecule has 1 saturated heterocycles. The summed E-state index contributed by atoms with van der Waals surface area (Å²) < 4.78 is 24.5. The van der Waals surface area contributed by atoms with E-state index in [0.717, 1.165) is 25.7 Å². The summed E-state index contributed by atoms with van der Waals surface area (Å²) >= 11 is 0. The molecule has 1 aliphatic heterocycles. The second kappa shape index (κ2) is 7.74. The average Bonchev–Trinajstić information content (AvgIpc) is 2.52. The number of nitrogens with one attached hydrogen (secondary N) is 1. The number of sulfonamides is 1. The lowest BCUT2D eigenvalue weighted by Gasteiger charge is -2.30. The van der Waals surface area contributed by atoms with Crippen LogP contribution in [0.4, 0.5) is 0 Å². The molecule has 0 aromatic heterocycles. The van der Waals surface area contributed by atoms with Crippen LogP contribution in [0.2, 0.25) is 0 Å². The van der Waals surface area contributed by atoms with Crippen LogP contribution in [0.3, 0.4) is 0 Å². The van der Waals surface area contributed by atoms with Gasteiger partial charge >= 0.3 is 0 Å². The number of hydrogen-bond acceptors (Lipinski definition) is 3. The van der Waals surface area contributed by atoms with Crippen molar-refractivity contribution in [1.82, 2.24) is 9.62 Å². The second-order valence-electron chi connectivity index (χ2n) is 5.84. The minimum absolute atomic E-state index is 0.0265. The first kappa shape index (κ1) is 17.0. The number of nitrogens with zero attached hydrogens (tertiary/aromatic N) is 1. The third kappa shape index (κ3) is 5.10. The Hall–Kier alpha value is -1.40. The van der Waals surface area contributed by atoms with Crippen molar-refractivity contribution < 1.29 is 13.2 Å². The lowest BCUT2D eigenvalue weighted by atomic mass is 9.99. The van der Waals surface area contributed by atoms with Gasteiger partial charge in [-0.05, 0) is 31.2 Å². The summed E-state index contributed by atoms with van der Waals surface area (Å²) in [6, 6.07) is 10.2. The van der Waals surface area contributed by atoms with Crippen LogP contribution in [0, 0.1) is 5.92 Å². The molecule has 1 aliphatic rings. The molecule has 5 nitrogen and oxygen atoms in total. The van der Waals surface area contributed by atoms with Crippen LogP contribution in [0.5, 0.6) is 0 Å². The summed E-state index contributed by atoms with van der Waals surface area (Å²) in [7, 11) is -3.20. The fraction of sp³-hybridized carbons (Fsp3) is 0.562. The number of amides is 1. The maximum Gasteiger partial charge on any atom is 0.224 e. The highest BCUT2D eigenvalue weighted by molar-refractivity contribution is 7.88. The van der Waals surface area contributed by atoms with E-state index in [4.69, 9.17) is 0 Å². The first-order chi connectivity index (χ1) is 10.5. The van der Waals surface area contributed by atoms with E-state index in [1.54, 1.807) is 0 Å². The molecule has 1 aromatic rings. The van der Waals surface area contributed by atoms with Crippen molar-refractivity contribution >= 4 is 15.9 Å². The molecule has 2 rings (SSSR count). The van der Waals surface area contributed by atoms with E-state index in [-0.39, 0.29) is 11.8 Å². The Morgan fingerprint density at radius 3 is 2.73 bits per heavy atom. The maximum atomic E-state index is 12.1. The normalized spacial score (nSPS) is 19.8. The van der Waals surface area contributed by atoms with E-state index in [9.17, 15) is 13.2 Å². The predicted molar refractivity (Wildman–Crippen MR) is 86.9 cm³/mol. The monoisotopic (exact) mass is 324 g/mol. The lowest BCUT2D eigenvalue weighted by Crippen LogP contribution is -2.45. The number of aryl methyl sites for hydroxylation is 1. The molecular weight excluding hydrogens is 300 g/mol. The van der Waals surface area contributed by atoms with Gasteiger partial charge in [0.05, 0.1) is 12.2 Å². The molecule has 0 saturated carbocycles. The van der Waals surface area contributed by atoms with Gasteiger partial charge in [-0.3, -0.25) is 4.79 Å². The zero-order chi connectivity index (χ0) is 16.0. The molecule has 0 bridgehead atoms. The van der Waals surface area contributed by atoms with Gasteiger partial charge in [0.2, 0.25) is 15.9 Å². The van der Waals surface area contributed by atoms with Gasteiger partial charge in [0.25, 0.3) is 0 Å². The topological polar surface area (TPSA) is 66.5 Å². The Balaban J connectivity index is 1.73. The Bertz CT molecular complexity index is 587. The van der Waals surface area contributed by atoms with Gasteiger partial charge < -0.3 is 5.32 Å². The molecule has 1 heterocycles. The van der Waals surface area contributed by atoms with Gasteiger partial charge in [-0.2, -0.15) is 0 Å². The number of benzene rings is 1. The van der Waals surface area contributed by atoms with Crippen LogP contribution >= 0.6 is 0 Å². The van der Waals surface area contributed by atoms with Crippen molar-refractivity contribution in [2.75, 3.05) is 25.9 Å². The van der Waals surface area contributed by atoms with Crippen LogP contribution in [0.1, 0.15) is 24.8 Å². The van der Waals surface area contributed by atoms with Crippen molar-refractivity contribution in [3.8, 4) is 0 Å². The maximum absolute atomic E-state index is 12.1. The smallest absolute Gasteiger partial charge is 0.224 e. The Labute approximate surface area is 132 Å². The van der Waals surface area contributed by atoms with Gasteiger partial charge in [0.1, 0.15) is 0 Å². The zero-order valence-corrected chi connectivity index (χ0v) is 13.8. The molecule has 1 aromatic carbocycles. The number of hydrogen-bond donors (Lipinski definition) is 1. The van der Waals surface area contributed by atoms with Crippen LogP contribution < -0.4 is 5.32 Å². The summed E-state index contributed by atoms with van der Waals surface area (Å²) in [6.45, 7) is 1.46. The van der Waals surface area contributed by atoms with Gasteiger partial charge in [-0.15, -0.1) is 0 Å². The van der Waals surface area contributed by atoms with Crippen molar-refractivity contribution in [3.63, 3.8) is 0 Å². The molecule has 0 radical (unpaired) electrons. The predicted octanol–water partition coefficient (Wildman–Crippen LogP) is 1.41. The summed E-state index contributed by atoms with van der Waals surface area (Å²) in [4.78, 5) is 12.1. The Morgan fingerprint density at radius 1 is 1.32 bits per heavy atom. The third-order valence-electron chi connectivity index (χ3n) is 4.01. The second-order valence-corrected chi connectivity index (χ2v) is 7.82. The Kier molecular flexibility index (Phi) is 5.97. The SMILES string of the molecule is CS(=O)(=O)N1CCC[C@@H](C(=O)NCCCc2ccccc2)C1. The first-order valence-corrected chi connectivity index (χ1v) is 9.58. The molecule has 0 aliphatic carbocycles. The van der Waals surface area contributed by atoms with Gasteiger partial charge in [-0.1, -0.05) is 30.3 Å². The summed E-state index contributed by atoms with van der Waals surface area (Å²) in [5.41, 5.74) is 1.26. The molecule has 122 valence electrons. The number of carbonyl (C=O) groups excluding carboxylic acids is 1. The molecule has 0 unspecified atom stereocenters. The largest absolute Gasteiger partial charge is 0.356 e. The van der Waals surface area contributed by atoms with Crippen molar-refractivity contribution in [2.45, 2.75) is 25.7 Å². The molecule has 1 N–H and O–H groups in total. The number of rotatable bonds is 6. The van der Waals surface area contributed by atoms with E-state index in [1.165, 1.54) is 16.1 Å². The van der Waals surface area contributed by atoms with Crippen LogP contribution in [-0.4, -0.2) is 44.5 Å². The van der Waals surface area contributed by atoms with E-state index in [0.29, 0.717) is 19.6 Å². The number of carbonyl (C=O) groups is 1. The third-order valence-corrected chi connectivity index (χ3v) is 5.28. The highest BCUT2D eigenvalue weighted by atomic mass is 32.2. The molecule has 1 atom stereocenters. The molecular formula is C16H24N2O3S. The summed E-state index contributed by atoms with van der Waals surface area (Å²) in [5, 5.41) is 2.93. The molecule has 1 amide bonds. The van der Waals surface area contributed by atoms with Crippen molar-refractivity contribution in [2.24, 2.45) is 5.92 Å². The van der Waals surface area contributed by atoms with Crippen molar-refractivity contribution in [3.05, 3.63) is 35.9 Å². The minimum Gasteiger partial charge on any atom is -0.356 e. The van der Waals surface area contributed by atoms with E-state index in [2.05, 4.69) is 17.4 Å². The van der Waals surface area contributed by atoms with Gasteiger partial charge in [0, 0.05) is 19.6 Å². The van der Waals surface area contributed by atoms with Crippen LogP contribution in [0.25, 0.3) is 0 Å². The zero-order valence-electron chi connectivity index (χ0n) is 13.0. The molecule has 1 fully saturated rings.